The lowest BCUT2D eigenvalue weighted by atomic mass is 10.0. The molecule has 1 atom stereocenters. The van der Waals surface area contributed by atoms with Gasteiger partial charge in [-0.05, 0) is 135 Å². The number of carbonyl (C=O) groups is 3. The highest BCUT2D eigenvalue weighted by atomic mass is 16.6. The van der Waals surface area contributed by atoms with E-state index in [1.165, 1.54) is 64.2 Å². The van der Waals surface area contributed by atoms with Crippen molar-refractivity contribution in [3.63, 3.8) is 0 Å². The van der Waals surface area contributed by atoms with Crippen LogP contribution in [0.3, 0.4) is 0 Å². The first-order valence-electron chi connectivity index (χ1n) is 33.6. The zero-order valence-electron chi connectivity index (χ0n) is 53.4. The number of allylic oxidation sites excluding steroid dienone is 28. The molecule has 0 aromatic carbocycles. The molecular weight excluding hydrogens is 1020 g/mol. The van der Waals surface area contributed by atoms with Gasteiger partial charge < -0.3 is 14.2 Å². The molecule has 0 saturated carbocycles. The van der Waals surface area contributed by atoms with Crippen LogP contribution in [0.4, 0.5) is 0 Å². The maximum absolute atomic E-state index is 12.9. The predicted molar refractivity (Wildman–Crippen MR) is 361 cm³/mol. The van der Waals surface area contributed by atoms with Crippen molar-refractivity contribution in [2.45, 2.75) is 284 Å². The quantitative estimate of drug-likeness (QED) is 0.0261. The Morgan fingerprint density at radius 3 is 0.735 bits per heavy atom. The number of unbranched alkanes of at least 4 members (excludes halogenated alkanes) is 20. The van der Waals surface area contributed by atoms with Gasteiger partial charge in [0.25, 0.3) is 0 Å². The molecule has 0 N–H and O–H groups in total. The third kappa shape index (κ3) is 67.4. The highest BCUT2D eigenvalue weighted by Gasteiger charge is 2.19. The number of hydrogen-bond acceptors (Lipinski definition) is 6. The molecule has 0 amide bonds. The van der Waals surface area contributed by atoms with Crippen LogP contribution in [-0.4, -0.2) is 37.2 Å². The molecule has 0 saturated heterocycles. The van der Waals surface area contributed by atoms with E-state index in [0.717, 1.165) is 173 Å². The molecule has 0 aliphatic carbocycles. The molecule has 1 unspecified atom stereocenters. The van der Waals surface area contributed by atoms with Gasteiger partial charge in [-0.15, -0.1) is 0 Å². The van der Waals surface area contributed by atoms with Gasteiger partial charge in [0.2, 0.25) is 0 Å². The van der Waals surface area contributed by atoms with Crippen LogP contribution in [0.2, 0.25) is 0 Å². The van der Waals surface area contributed by atoms with E-state index in [2.05, 4.69) is 191 Å². The van der Waals surface area contributed by atoms with E-state index in [1.807, 2.05) is 0 Å². The fourth-order valence-corrected chi connectivity index (χ4v) is 8.76. The molecule has 0 bridgehead atoms. The van der Waals surface area contributed by atoms with Crippen molar-refractivity contribution >= 4 is 17.9 Å². The SMILES string of the molecule is CC/C=C\C/C=C\C/C=C\C/C=C\C/C=C\C/C=C\C/C=C\C/C=C\C/C=C\C/C=C\CCCCCCC(=O)OCC(COC(=O)CCCCCCCCCCCCCCC)OC(=O)CCCCCC/C=C\C/C=C\C/C=C\C/C=C\CC. The molecule has 0 aliphatic rings. The second-order valence-corrected chi connectivity index (χ2v) is 21.6. The van der Waals surface area contributed by atoms with Crippen LogP contribution in [0.15, 0.2) is 170 Å². The van der Waals surface area contributed by atoms with E-state index < -0.39 is 6.10 Å². The zero-order valence-corrected chi connectivity index (χ0v) is 53.4. The molecular formula is C77H122O6. The van der Waals surface area contributed by atoms with E-state index >= 15 is 0 Å². The number of carbonyl (C=O) groups excluding carboxylic acids is 3. The Bertz CT molecular complexity index is 1890. The zero-order chi connectivity index (χ0) is 59.9. The first-order chi connectivity index (χ1) is 41.0. The third-order valence-corrected chi connectivity index (χ3v) is 13.7. The molecule has 0 aromatic rings. The minimum Gasteiger partial charge on any atom is -0.462 e. The van der Waals surface area contributed by atoms with Gasteiger partial charge in [0.1, 0.15) is 13.2 Å². The van der Waals surface area contributed by atoms with Gasteiger partial charge in [-0.3, -0.25) is 14.4 Å². The van der Waals surface area contributed by atoms with E-state index in [9.17, 15) is 14.4 Å². The largest absolute Gasteiger partial charge is 0.462 e. The Balaban J connectivity index is 4.37. The van der Waals surface area contributed by atoms with Gasteiger partial charge in [0.05, 0.1) is 0 Å². The van der Waals surface area contributed by atoms with Crippen LogP contribution >= 0.6 is 0 Å². The van der Waals surface area contributed by atoms with Crippen molar-refractivity contribution < 1.29 is 28.6 Å². The summed E-state index contributed by atoms with van der Waals surface area (Å²) in [7, 11) is 0. The van der Waals surface area contributed by atoms with Crippen molar-refractivity contribution in [1.82, 2.24) is 0 Å². The Morgan fingerprint density at radius 2 is 0.470 bits per heavy atom. The second kappa shape index (κ2) is 69.3. The van der Waals surface area contributed by atoms with Crippen molar-refractivity contribution in [2.24, 2.45) is 0 Å². The van der Waals surface area contributed by atoms with Crippen LogP contribution in [-0.2, 0) is 28.6 Å². The summed E-state index contributed by atoms with van der Waals surface area (Å²) >= 11 is 0. The van der Waals surface area contributed by atoms with Gasteiger partial charge in [0, 0.05) is 19.3 Å². The van der Waals surface area contributed by atoms with Crippen LogP contribution in [0.25, 0.3) is 0 Å². The molecule has 0 spiro atoms. The van der Waals surface area contributed by atoms with E-state index in [4.69, 9.17) is 14.2 Å². The lowest BCUT2D eigenvalue weighted by molar-refractivity contribution is -0.167. The average Bonchev–Trinajstić information content (AvgIpc) is 3.49. The monoisotopic (exact) mass is 1140 g/mol. The maximum atomic E-state index is 12.9. The van der Waals surface area contributed by atoms with Gasteiger partial charge in [0.15, 0.2) is 6.10 Å². The Kier molecular flexibility index (Phi) is 64.9. The molecule has 466 valence electrons. The number of esters is 3. The van der Waals surface area contributed by atoms with Crippen molar-refractivity contribution in [3.05, 3.63) is 170 Å². The molecule has 0 radical (unpaired) electrons. The lowest BCUT2D eigenvalue weighted by Crippen LogP contribution is -2.30. The minimum absolute atomic E-state index is 0.101. The lowest BCUT2D eigenvalue weighted by Gasteiger charge is -2.18. The van der Waals surface area contributed by atoms with E-state index in [-0.39, 0.29) is 37.5 Å². The summed E-state index contributed by atoms with van der Waals surface area (Å²) in [5, 5.41) is 0. The van der Waals surface area contributed by atoms with Gasteiger partial charge in [-0.2, -0.15) is 0 Å². The first kappa shape index (κ1) is 77.8. The van der Waals surface area contributed by atoms with Gasteiger partial charge in [-0.1, -0.05) is 294 Å². The van der Waals surface area contributed by atoms with Crippen molar-refractivity contribution in [2.75, 3.05) is 13.2 Å². The highest BCUT2D eigenvalue weighted by molar-refractivity contribution is 5.71. The molecule has 0 fully saturated rings. The first-order valence-corrected chi connectivity index (χ1v) is 33.6. The molecule has 0 aliphatic heterocycles. The summed E-state index contributed by atoms with van der Waals surface area (Å²) in [6, 6.07) is 0. The molecule has 0 heterocycles. The summed E-state index contributed by atoms with van der Waals surface area (Å²) in [6.45, 7) is 6.37. The summed E-state index contributed by atoms with van der Waals surface area (Å²) < 4.78 is 16.9. The van der Waals surface area contributed by atoms with Crippen LogP contribution < -0.4 is 0 Å². The molecule has 6 heteroatoms. The summed E-state index contributed by atoms with van der Waals surface area (Å²) in [6.07, 6.45) is 102. The van der Waals surface area contributed by atoms with E-state index in [0.29, 0.717) is 12.8 Å². The van der Waals surface area contributed by atoms with Gasteiger partial charge >= 0.3 is 17.9 Å². The molecule has 83 heavy (non-hydrogen) atoms. The van der Waals surface area contributed by atoms with Crippen LogP contribution in [0, 0.1) is 0 Å². The Labute approximate surface area is 511 Å². The topological polar surface area (TPSA) is 78.9 Å². The fraction of sp³-hybridized carbons (Fsp3) is 0.597. The minimum atomic E-state index is -0.809. The smallest absolute Gasteiger partial charge is 0.306 e. The van der Waals surface area contributed by atoms with Gasteiger partial charge in [-0.25, -0.2) is 0 Å². The molecule has 6 nitrogen and oxygen atoms in total. The Morgan fingerprint density at radius 1 is 0.253 bits per heavy atom. The fourth-order valence-electron chi connectivity index (χ4n) is 8.76. The summed E-state index contributed by atoms with van der Waals surface area (Å²) in [5.41, 5.74) is 0. The molecule has 0 aromatic heterocycles. The Hall–Kier alpha value is -5.23. The van der Waals surface area contributed by atoms with Crippen molar-refractivity contribution in [1.29, 1.82) is 0 Å². The summed E-state index contributed by atoms with van der Waals surface area (Å²) in [5.74, 6) is -0.952. The second-order valence-electron chi connectivity index (χ2n) is 21.6. The number of hydrogen-bond donors (Lipinski definition) is 0. The standard InChI is InChI=1S/C77H122O6/c1-4-7-10-13-16-19-22-25-27-29-30-31-32-33-34-35-36-37-38-39-40-41-42-43-44-45-46-48-49-52-55-58-61-64-67-70-76(79)82-73-74(72-81-75(78)69-66-63-60-57-54-51-24-21-18-15-12-9-6-3)83-77(80)71-68-65-62-59-56-53-50-47-28-26-23-20-17-14-11-8-5-2/h7-8,10-11,16-17,19-20,25-28,30-31,33-34,36-37,39-40,42-43,45-46,49-50,52-53,74H,4-6,9,12-15,18,21-24,29,32,35,38,41,44,47-48,51,54-73H2,1-3H3/b10-7-,11-8-,19-16-,20-17-,27-25-,28-26-,31-30-,34-33-,37-36-,40-39-,43-42-,46-45-,52-49-,53-50-. The van der Waals surface area contributed by atoms with Crippen molar-refractivity contribution in [3.8, 4) is 0 Å². The average molecular weight is 1140 g/mol. The number of ether oxygens (including phenoxy) is 3. The number of rotatable bonds is 59. The van der Waals surface area contributed by atoms with Crippen LogP contribution in [0.1, 0.15) is 278 Å². The van der Waals surface area contributed by atoms with Crippen LogP contribution in [0.5, 0.6) is 0 Å². The maximum Gasteiger partial charge on any atom is 0.306 e. The third-order valence-electron chi connectivity index (χ3n) is 13.7. The normalized spacial score (nSPS) is 13.2. The highest BCUT2D eigenvalue weighted by Crippen LogP contribution is 2.15. The summed E-state index contributed by atoms with van der Waals surface area (Å²) in [4.78, 5) is 38.3. The predicted octanol–water partition coefficient (Wildman–Crippen LogP) is 23.4. The van der Waals surface area contributed by atoms with E-state index in [1.54, 1.807) is 0 Å². The molecule has 0 rings (SSSR count).